The summed E-state index contributed by atoms with van der Waals surface area (Å²) in [6.07, 6.45) is 2.80. The Labute approximate surface area is 97.1 Å². The van der Waals surface area contributed by atoms with Crippen LogP contribution in [0.4, 0.5) is 4.79 Å². The second-order valence-corrected chi connectivity index (χ2v) is 3.58. The van der Waals surface area contributed by atoms with Gasteiger partial charge in [0.15, 0.2) is 0 Å². The first-order valence-corrected chi connectivity index (χ1v) is 5.75. The quantitative estimate of drug-likeness (QED) is 0.531. The lowest BCUT2D eigenvalue weighted by molar-refractivity contribution is -0.141. The van der Waals surface area contributed by atoms with Gasteiger partial charge in [0, 0.05) is 13.1 Å². The van der Waals surface area contributed by atoms with E-state index in [1.54, 1.807) is 0 Å². The fourth-order valence-corrected chi connectivity index (χ4v) is 1.23. The van der Waals surface area contributed by atoms with E-state index in [1.165, 1.54) is 12.0 Å². The number of ether oxygens (including phenoxy) is 1. The van der Waals surface area contributed by atoms with Crippen LogP contribution >= 0.6 is 0 Å². The smallest absolute Gasteiger partial charge is 0.325 e. The molecule has 0 atom stereocenters. The van der Waals surface area contributed by atoms with Gasteiger partial charge in [-0.05, 0) is 12.8 Å². The van der Waals surface area contributed by atoms with E-state index in [0.29, 0.717) is 13.1 Å². The van der Waals surface area contributed by atoms with Gasteiger partial charge in [-0.1, -0.05) is 20.3 Å². The van der Waals surface area contributed by atoms with Gasteiger partial charge in [0.05, 0.1) is 7.11 Å². The molecule has 5 nitrogen and oxygen atoms in total. The summed E-state index contributed by atoms with van der Waals surface area (Å²) >= 11 is 0. The van der Waals surface area contributed by atoms with Crippen molar-refractivity contribution in [1.82, 2.24) is 10.2 Å². The molecule has 5 heteroatoms. The van der Waals surface area contributed by atoms with Crippen LogP contribution in [0.1, 0.15) is 33.1 Å². The van der Waals surface area contributed by atoms with Crippen molar-refractivity contribution < 1.29 is 14.3 Å². The zero-order chi connectivity index (χ0) is 12.4. The number of amides is 2. The van der Waals surface area contributed by atoms with Crippen molar-refractivity contribution in [2.45, 2.75) is 33.1 Å². The summed E-state index contributed by atoms with van der Waals surface area (Å²) < 4.78 is 4.54. The molecule has 94 valence electrons. The maximum absolute atomic E-state index is 11.7. The third-order valence-corrected chi connectivity index (χ3v) is 2.13. The minimum Gasteiger partial charge on any atom is -0.468 e. The Bertz CT molecular complexity index is 219. The minimum atomic E-state index is -0.390. The number of urea groups is 1. The van der Waals surface area contributed by atoms with Gasteiger partial charge in [0.25, 0.3) is 0 Å². The predicted octanol–water partition coefficient (Wildman–Crippen LogP) is 1.38. The summed E-state index contributed by atoms with van der Waals surface area (Å²) in [4.78, 5) is 24.2. The fourth-order valence-electron chi connectivity index (χ4n) is 1.23. The molecule has 0 aromatic carbocycles. The van der Waals surface area contributed by atoms with Crippen LogP contribution in [0, 0.1) is 0 Å². The first kappa shape index (κ1) is 14.7. The molecule has 0 aliphatic heterocycles. The number of rotatable bonds is 7. The summed E-state index contributed by atoms with van der Waals surface area (Å²) in [6.45, 7) is 5.25. The van der Waals surface area contributed by atoms with Gasteiger partial charge in [-0.3, -0.25) is 4.79 Å². The standard InChI is InChI=1S/C11H22N2O3/c1-4-6-7-12-11(15)13(8-5-2)9-10(14)16-3/h4-9H2,1-3H3,(H,12,15). The van der Waals surface area contributed by atoms with Crippen LogP contribution in [0.3, 0.4) is 0 Å². The Balaban J connectivity index is 4.07. The molecule has 0 bridgehead atoms. The van der Waals surface area contributed by atoms with Gasteiger partial charge in [-0.25, -0.2) is 4.79 Å². The molecule has 0 saturated heterocycles. The molecule has 0 rings (SSSR count). The molecule has 0 aliphatic rings. The maximum Gasteiger partial charge on any atom is 0.325 e. The van der Waals surface area contributed by atoms with E-state index in [1.807, 2.05) is 6.92 Å². The average Bonchev–Trinajstić information content (AvgIpc) is 2.28. The van der Waals surface area contributed by atoms with Crippen LogP contribution in [0.15, 0.2) is 0 Å². The van der Waals surface area contributed by atoms with Crippen molar-refractivity contribution in [2.75, 3.05) is 26.7 Å². The number of nitrogens with one attached hydrogen (secondary N) is 1. The summed E-state index contributed by atoms with van der Waals surface area (Å²) in [5.41, 5.74) is 0. The summed E-state index contributed by atoms with van der Waals surface area (Å²) in [5.74, 6) is -0.390. The lowest BCUT2D eigenvalue weighted by Crippen LogP contribution is -2.43. The van der Waals surface area contributed by atoms with Crippen molar-refractivity contribution in [3.63, 3.8) is 0 Å². The Morgan fingerprint density at radius 3 is 2.44 bits per heavy atom. The van der Waals surface area contributed by atoms with Gasteiger partial charge < -0.3 is 15.0 Å². The van der Waals surface area contributed by atoms with Crippen molar-refractivity contribution in [1.29, 1.82) is 0 Å². The number of nitrogens with zero attached hydrogens (tertiary/aromatic N) is 1. The van der Waals surface area contributed by atoms with E-state index in [9.17, 15) is 9.59 Å². The summed E-state index contributed by atoms with van der Waals surface area (Å²) in [5, 5.41) is 2.78. The topological polar surface area (TPSA) is 58.6 Å². The molecule has 0 spiro atoms. The SMILES string of the molecule is CCCCNC(=O)N(CCC)CC(=O)OC. The Hall–Kier alpha value is -1.26. The van der Waals surface area contributed by atoms with E-state index >= 15 is 0 Å². The molecule has 0 fully saturated rings. The molecule has 0 unspecified atom stereocenters. The number of hydrogen-bond donors (Lipinski definition) is 1. The molecule has 0 heterocycles. The fraction of sp³-hybridized carbons (Fsp3) is 0.818. The monoisotopic (exact) mass is 230 g/mol. The van der Waals surface area contributed by atoms with Crippen LogP contribution in [-0.4, -0.2) is 43.6 Å². The third-order valence-electron chi connectivity index (χ3n) is 2.13. The predicted molar refractivity (Wildman–Crippen MR) is 62.2 cm³/mol. The Morgan fingerprint density at radius 2 is 1.94 bits per heavy atom. The maximum atomic E-state index is 11.7. The summed E-state index contributed by atoms with van der Waals surface area (Å²) in [6, 6.07) is -0.194. The molecule has 0 aliphatic carbocycles. The van der Waals surface area contributed by atoms with Gasteiger partial charge in [0.2, 0.25) is 0 Å². The van der Waals surface area contributed by atoms with Crippen LogP contribution in [0.25, 0.3) is 0 Å². The van der Waals surface area contributed by atoms with Gasteiger partial charge in [-0.2, -0.15) is 0 Å². The lowest BCUT2D eigenvalue weighted by atomic mass is 10.3. The zero-order valence-corrected chi connectivity index (χ0v) is 10.4. The second kappa shape index (κ2) is 9.00. The largest absolute Gasteiger partial charge is 0.468 e. The van der Waals surface area contributed by atoms with Crippen molar-refractivity contribution in [3.8, 4) is 0 Å². The lowest BCUT2D eigenvalue weighted by Gasteiger charge is -2.21. The highest BCUT2D eigenvalue weighted by atomic mass is 16.5. The van der Waals surface area contributed by atoms with Crippen LogP contribution in [0.5, 0.6) is 0 Å². The van der Waals surface area contributed by atoms with Crippen LogP contribution in [0.2, 0.25) is 0 Å². The molecule has 0 aromatic heterocycles. The van der Waals surface area contributed by atoms with E-state index in [4.69, 9.17) is 0 Å². The van der Waals surface area contributed by atoms with Crippen LogP contribution in [-0.2, 0) is 9.53 Å². The van der Waals surface area contributed by atoms with Gasteiger partial charge in [0.1, 0.15) is 6.54 Å². The first-order chi connectivity index (χ1) is 7.65. The normalized spacial score (nSPS) is 9.69. The molecule has 0 radical (unpaired) electrons. The second-order valence-electron chi connectivity index (χ2n) is 3.58. The number of esters is 1. The van der Waals surface area contributed by atoms with E-state index in [-0.39, 0.29) is 18.5 Å². The first-order valence-electron chi connectivity index (χ1n) is 5.75. The Morgan fingerprint density at radius 1 is 1.25 bits per heavy atom. The Kier molecular flexibility index (Phi) is 8.29. The zero-order valence-electron chi connectivity index (χ0n) is 10.4. The summed E-state index contributed by atoms with van der Waals surface area (Å²) in [7, 11) is 1.32. The van der Waals surface area contributed by atoms with Crippen molar-refractivity contribution in [3.05, 3.63) is 0 Å². The average molecular weight is 230 g/mol. The number of methoxy groups -OCH3 is 1. The molecule has 2 amide bonds. The number of carbonyl (C=O) groups is 2. The molecule has 16 heavy (non-hydrogen) atoms. The molecule has 0 saturated carbocycles. The minimum absolute atomic E-state index is 0.0162. The van der Waals surface area contributed by atoms with E-state index in [2.05, 4.69) is 17.0 Å². The third kappa shape index (κ3) is 6.27. The van der Waals surface area contributed by atoms with Crippen molar-refractivity contribution in [2.24, 2.45) is 0 Å². The highest BCUT2D eigenvalue weighted by Crippen LogP contribution is 1.94. The molecular formula is C11H22N2O3. The molecular weight excluding hydrogens is 208 g/mol. The van der Waals surface area contributed by atoms with E-state index in [0.717, 1.165) is 19.3 Å². The molecule has 0 aromatic rings. The number of hydrogen-bond acceptors (Lipinski definition) is 3. The van der Waals surface area contributed by atoms with Crippen LogP contribution < -0.4 is 5.32 Å². The highest BCUT2D eigenvalue weighted by molar-refractivity contribution is 5.80. The molecule has 1 N–H and O–H groups in total. The number of unbranched alkanes of at least 4 members (excludes halogenated alkanes) is 1. The van der Waals surface area contributed by atoms with Gasteiger partial charge in [-0.15, -0.1) is 0 Å². The van der Waals surface area contributed by atoms with Gasteiger partial charge >= 0.3 is 12.0 Å². The highest BCUT2D eigenvalue weighted by Gasteiger charge is 2.15. The number of carbonyl (C=O) groups excluding carboxylic acids is 2. The van der Waals surface area contributed by atoms with E-state index < -0.39 is 0 Å². The van der Waals surface area contributed by atoms with Crippen molar-refractivity contribution >= 4 is 12.0 Å².